The van der Waals surface area contributed by atoms with Crippen molar-refractivity contribution in [1.82, 2.24) is 25.6 Å². The van der Waals surface area contributed by atoms with Crippen molar-refractivity contribution >= 4 is 5.82 Å². The van der Waals surface area contributed by atoms with Crippen LogP contribution in [-0.2, 0) is 0 Å². The van der Waals surface area contributed by atoms with Gasteiger partial charge in [0.1, 0.15) is 0 Å². The van der Waals surface area contributed by atoms with Gasteiger partial charge < -0.3 is 5.73 Å². The van der Waals surface area contributed by atoms with Crippen LogP contribution in [0.2, 0.25) is 0 Å². The Bertz CT molecular complexity index is 401. The Balaban J connectivity index is 2.54. The Morgan fingerprint density at radius 1 is 1.08 bits per heavy atom. The molecular weight excluding hydrogens is 168 g/mol. The number of anilines is 1. The summed E-state index contributed by atoms with van der Waals surface area (Å²) in [7, 11) is 0. The van der Waals surface area contributed by atoms with Gasteiger partial charge >= 0.3 is 0 Å². The van der Waals surface area contributed by atoms with Crippen molar-refractivity contribution in [3.05, 3.63) is 24.4 Å². The minimum Gasteiger partial charge on any atom is -0.380 e. The number of nitrogens with zero attached hydrogens (tertiary/aromatic N) is 5. The molecule has 2 heterocycles. The zero-order valence-electron chi connectivity index (χ0n) is 6.62. The summed E-state index contributed by atoms with van der Waals surface area (Å²) in [5.41, 5.74) is 6.63. The van der Waals surface area contributed by atoms with Gasteiger partial charge in [-0.05, 0) is 22.6 Å². The van der Waals surface area contributed by atoms with Crippen LogP contribution in [-0.4, -0.2) is 25.6 Å². The largest absolute Gasteiger partial charge is 0.380 e. The molecule has 0 bridgehead atoms. The van der Waals surface area contributed by atoms with Gasteiger partial charge in [0, 0.05) is 6.20 Å². The van der Waals surface area contributed by atoms with E-state index in [0.717, 1.165) is 0 Å². The second-order valence-electron chi connectivity index (χ2n) is 2.33. The first-order chi connectivity index (χ1) is 6.38. The Labute approximate surface area is 73.8 Å². The van der Waals surface area contributed by atoms with Gasteiger partial charge in [-0.3, -0.25) is 4.98 Å². The van der Waals surface area contributed by atoms with Gasteiger partial charge in [-0.15, -0.1) is 10.2 Å². The van der Waals surface area contributed by atoms with E-state index in [2.05, 4.69) is 25.6 Å². The summed E-state index contributed by atoms with van der Waals surface area (Å²) < 4.78 is 0. The third-order valence-corrected chi connectivity index (χ3v) is 1.49. The zero-order chi connectivity index (χ0) is 9.10. The molecule has 2 aromatic rings. The summed E-state index contributed by atoms with van der Waals surface area (Å²) in [6, 6.07) is 5.42. The van der Waals surface area contributed by atoms with E-state index in [0.29, 0.717) is 11.4 Å². The Morgan fingerprint density at radius 3 is 2.62 bits per heavy atom. The lowest BCUT2D eigenvalue weighted by Crippen LogP contribution is -2.02. The molecule has 0 aliphatic carbocycles. The smallest absolute Gasteiger partial charge is 0.178 e. The van der Waals surface area contributed by atoms with Crippen LogP contribution in [0, 0.1) is 0 Å². The van der Waals surface area contributed by atoms with Crippen molar-refractivity contribution in [1.29, 1.82) is 0 Å². The molecule has 0 aliphatic rings. The summed E-state index contributed by atoms with van der Waals surface area (Å²) in [6.07, 6.45) is 1.65. The second kappa shape index (κ2) is 3.10. The van der Waals surface area contributed by atoms with Gasteiger partial charge in [-0.2, -0.15) is 0 Å². The third-order valence-electron chi connectivity index (χ3n) is 1.49. The molecule has 64 valence electrons. The zero-order valence-corrected chi connectivity index (χ0v) is 6.62. The summed E-state index contributed by atoms with van der Waals surface area (Å²) >= 11 is 0. The number of pyridine rings is 1. The van der Waals surface area contributed by atoms with Crippen LogP contribution in [0.1, 0.15) is 0 Å². The van der Waals surface area contributed by atoms with E-state index in [-0.39, 0.29) is 5.82 Å². The fourth-order valence-corrected chi connectivity index (χ4v) is 0.917. The fourth-order valence-electron chi connectivity index (χ4n) is 0.917. The highest BCUT2D eigenvalue weighted by molar-refractivity contribution is 5.64. The maximum absolute atomic E-state index is 5.54. The summed E-state index contributed by atoms with van der Waals surface area (Å²) in [6.45, 7) is 0. The molecule has 6 heteroatoms. The van der Waals surface area contributed by atoms with Crippen molar-refractivity contribution in [2.75, 3.05) is 5.73 Å². The average Bonchev–Trinajstić information content (AvgIpc) is 2.20. The first-order valence-electron chi connectivity index (χ1n) is 3.61. The molecule has 2 rings (SSSR count). The predicted molar refractivity (Wildman–Crippen MR) is 45.3 cm³/mol. The van der Waals surface area contributed by atoms with E-state index in [9.17, 15) is 0 Å². The molecule has 0 aliphatic heterocycles. The van der Waals surface area contributed by atoms with Crippen LogP contribution < -0.4 is 5.73 Å². The van der Waals surface area contributed by atoms with Gasteiger partial charge in [0.25, 0.3) is 0 Å². The number of rotatable bonds is 1. The maximum atomic E-state index is 5.54. The Morgan fingerprint density at radius 2 is 1.92 bits per heavy atom. The van der Waals surface area contributed by atoms with Crippen LogP contribution in [0.15, 0.2) is 24.4 Å². The standard InChI is InChI=1S/C7H6N6/c8-7-6(10-12-13-11-7)5-3-1-2-4-9-5/h1-4H,(H2,8,11,12). The maximum Gasteiger partial charge on any atom is 0.178 e. The van der Waals surface area contributed by atoms with Crippen molar-refractivity contribution < 1.29 is 0 Å². The molecule has 2 N–H and O–H groups in total. The van der Waals surface area contributed by atoms with Crippen molar-refractivity contribution in [2.24, 2.45) is 0 Å². The average molecular weight is 174 g/mol. The quantitative estimate of drug-likeness (QED) is 0.649. The van der Waals surface area contributed by atoms with Gasteiger partial charge in [0.15, 0.2) is 11.5 Å². The topological polar surface area (TPSA) is 90.5 Å². The van der Waals surface area contributed by atoms with Gasteiger partial charge in [-0.1, -0.05) is 6.07 Å². The highest BCUT2D eigenvalue weighted by atomic mass is 15.4. The van der Waals surface area contributed by atoms with Crippen LogP contribution in [0.25, 0.3) is 11.4 Å². The molecule has 6 nitrogen and oxygen atoms in total. The van der Waals surface area contributed by atoms with E-state index in [1.165, 1.54) is 0 Å². The van der Waals surface area contributed by atoms with Crippen molar-refractivity contribution in [3.8, 4) is 11.4 Å². The van der Waals surface area contributed by atoms with E-state index in [1.54, 1.807) is 12.3 Å². The first kappa shape index (κ1) is 7.53. The normalized spacial score (nSPS) is 9.85. The molecule has 2 aromatic heterocycles. The van der Waals surface area contributed by atoms with Gasteiger partial charge in [0.2, 0.25) is 0 Å². The van der Waals surface area contributed by atoms with Crippen LogP contribution in [0.4, 0.5) is 5.82 Å². The SMILES string of the molecule is Nc1nnnnc1-c1ccccn1. The molecule has 0 amide bonds. The minimum absolute atomic E-state index is 0.230. The van der Waals surface area contributed by atoms with Crippen LogP contribution in [0.5, 0.6) is 0 Å². The van der Waals surface area contributed by atoms with Gasteiger partial charge in [0.05, 0.1) is 5.69 Å². The molecular formula is C7H6N6. The molecule has 0 saturated heterocycles. The summed E-state index contributed by atoms with van der Waals surface area (Å²) in [4.78, 5) is 4.06. The molecule has 0 atom stereocenters. The highest BCUT2D eigenvalue weighted by Gasteiger charge is 2.05. The number of nitrogen functional groups attached to an aromatic ring is 1. The summed E-state index contributed by atoms with van der Waals surface area (Å²) in [5, 5.41) is 14.0. The Kier molecular flexibility index (Phi) is 1.79. The fraction of sp³-hybridized carbons (Fsp3) is 0. The third kappa shape index (κ3) is 1.41. The molecule has 0 unspecified atom stereocenters. The number of nitrogens with two attached hydrogens (primary N) is 1. The molecule has 13 heavy (non-hydrogen) atoms. The second-order valence-corrected chi connectivity index (χ2v) is 2.33. The lowest BCUT2D eigenvalue weighted by molar-refractivity contribution is 0.772. The lowest BCUT2D eigenvalue weighted by atomic mass is 10.3. The predicted octanol–water partition coefficient (Wildman–Crippen LogP) is -0.0892. The molecule has 0 spiro atoms. The molecule has 0 radical (unpaired) electrons. The van der Waals surface area contributed by atoms with Crippen LogP contribution in [0.3, 0.4) is 0 Å². The van der Waals surface area contributed by atoms with Gasteiger partial charge in [-0.25, -0.2) is 0 Å². The van der Waals surface area contributed by atoms with E-state index >= 15 is 0 Å². The number of hydrogen-bond acceptors (Lipinski definition) is 6. The molecule has 0 aromatic carbocycles. The lowest BCUT2D eigenvalue weighted by Gasteiger charge is -1.98. The minimum atomic E-state index is 0.230. The highest BCUT2D eigenvalue weighted by Crippen LogP contribution is 2.15. The Hall–Kier alpha value is -2.11. The molecule has 0 saturated carbocycles. The van der Waals surface area contributed by atoms with E-state index in [4.69, 9.17) is 5.73 Å². The summed E-state index contributed by atoms with van der Waals surface area (Å²) in [5.74, 6) is 0.230. The van der Waals surface area contributed by atoms with Crippen molar-refractivity contribution in [3.63, 3.8) is 0 Å². The first-order valence-corrected chi connectivity index (χ1v) is 3.61. The monoisotopic (exact) mass is 174 g/mol. The molecule has 0 fully saturated rings. The number of aromatic nitrogens is 5. The van der Waals surface area contributed by atoms with Crippen LogP contribution >= 0.6 is 0 Å². The number of hydrogen-bond donors (Lipinski definition) is 1. The van der Waals surface area contributed by atoms with E-state index < -0.39 is 0 Å². The van der Waals surface area contributed by atoms with E-state index in [1.807, 2.05) is 12.1 Å². The van der Waals surface area contributed by atoms with Crippen molar-refractivity contribution in [2.45, 2.75) is 0 Å².